The Hall–Kier alpha value is -0.900. The van der Waals surface area contributed by atoms with Gasteiger partial charge in [-0.05, 0) is 38.4 Å². The Labute approximate surface area is 117 Å². The smallest absolute Gasteiger partial charge is 0.0237 e. The maximum Gasteiger partial charge on any atom is 0.0237 e. The van der Waals surface area contributed by atoms with Crippen LogP contribution >= 0.6 is 0 Å². The van der Waals surface area contributed by atoms with E-state index < -0.39 is 0 Å². The molecule has 0 spiro atoms. The maximum atomic E-state index is 5.64. The van der Waals surface area contributed by atoms with Crippen LogP contribution in [0, 0.1) is 13.8 Å². The van der Waals surface area contributed by atoms with E-state index in [4.69, 9.17) is 5.73 Å². The van der Waals surface area contributed by atoms with Gasteiger partial charge in [0.15, 0.2) is 0 Å². The lowest BCUT2D eigenvalue weighted by atomic mass is 10.1. The van der Waals surface area contributed by atoms with Gasteiger partial charge in [-0.25, -0.2) is 0 Å². The Morgan fingerprint density at radius 1 is 1.37 bits per heavy atom. The van der Waals surface area contributed by atoms with Crippen molar-refractivity contribution in [3.63, 3.8) is 0 Å². The summed E-state index contributed by atoms with van der Waals surface area (Å²) in [5.41, 5.74) is 9.88. The average molecular weight is 261 g/mol. The summed E-state index contributed by atoms with van der Waals surface area (Å²) in [5, 5.41) is 0. The summed E-state index contributed by atoms with van der Waals surface area (Å²) >= 11 is 0. The van der Waals surface area contributed by atoms with Crippen LogP contribution in [-0.2, 0) is 6.54 Å². The Morgan fingerprint density at radius 2 is 2.16 bits per heavy atom. The summed E-state index contributed by atoms with van der Waals surface area (Å²) in [7, 11) is 2.19. The Balaban J connectivity index is 1.93. The van der Waals surface area contributed by atoms with E-state index >= 15 is 0 Å². The molecule has 19 heavy (non-hydrogen) atoms. The molecule has 1 saturated heterocycles. The van der Waals surface area contributed by atoms with Gasteiger partial charge in [0, 0.05) is 38.8 Å². The van der Waals surface area contributed by atoms with Crippen molar-refractivity contribution in [2.45, 2.75) is 32.9 Å². The monoisotopic (exact) mass is 261 g/mol. The standard InChI is InChI=1S/C16H27N3/c1-13-4-5-14(2)15(10-13)11-19-8-6-16(12-19)18(3)9-7-17/h4-5,10,16H,6-9,11-12,17H2,1-3H3. The zero-order chi connectivity index (χ0) is 13.8. The molecule has 0 saturated carbocycles. The predicted octanol–water partition coefficient (Wildman–Crippen LogP) is 1.77. The van der Waals surface area contributed by atoms with Gasteiger partial charge in [-0.1, -0.05) is 23.8 Å². The molecule has 0 aromatic heterocycles. The highest BCUT2D eigenvalue weighted by Crippen LogP contribution is 2.19. The molecule has 1 atom stereocenters. The van der Waals surface area contributed by atoms with Crippen molar-refractivity contribution in [3.8, 4) is 0 Å². The van der Waals surface area contributed by atoms with Crippen molar-refractivity contribution in [1.82, 2.24) is 9.80 Å². The van der Waals surface area contributed by atoms with Crippen LogP contribution in [0.15, 0.2) is 18.2 Å². The van der Waals surface area contributed by atoms with Gasteiger partial charge in [0.2, 0.25) is 0 Å². The van der Waals surface area contributed by atoms with Gasteiger partial charge >= 0.3 is 0 Å². The van der Waals surface area contributed by atoms with Crippen LogP contribution < -0.4 is 5.73 Å². The number of hydrogen-bond acceptors (Lipinski definition) is 3. The third-order valence-corrected chi connectivity index (χ3v) is 4.25. The largest absolute Gasteiger partial charge is 0.329 e. The van der Waals surface area contributed by atoms with Crippen LogP contribution in [0.1, 0.15) is 23.1 Å². The molecule has 1 heterocycles. The number of nitrogens with zero attached hydrogens (tertiary/aromatic N) is 2. The fourth-order valence-electron chi connectivity index (χ4n) is 2.91. The lowest BCUT2D eigenvalue weighted by molar-refractivity contribution is 0.234. The van der Waals surface area contributed by atoms with E-state index in [0.717, 1.165) is 19.6 Å². The number of likely N-dealkylation sites (tertiary alicyclic amines) is 1. The molecule has 3 heteroatoms. The number of nitrogens with two attached hydrogens (primary N) is 1. The molecule has 0 radical (unpaired) electrons. The molecule has 1 unspecified atom stereocenters. The van der Waals surface area contributed by atoms with Crippen molar-refractivity contribution in [2.24, 2.45) is 5.73 Å². The summed E-state index contributed by atoms with van der Waals surface area (Å²) in [6.07, 6.45) is 1.27. The molecule has 2 rings (SSSR count). The first kappa shape index (κ1) is 14.5. The quantitative estimate of drug-likeness (QED) is 0.877. The number of aryl methyl sites for hydroxylation is 2. The maximum absolute atomic E-state index is 5.64. The summed E-state index contributed by atoms with van der Waals surface area (Å²) < 4.78 is 0. The van der Waals surface area contributed by atoms with Crippen molar-refractivity contribution in [3.05, 3.63) is 34.9 Å². The summed E-state index contributed by atoms with van der Waals surface area (Å²) in [6, 6.07) is 7.43. The Bertz CT molecular complexity index is 416. The minimum atomic E-state index is 0.675. The highest BCUT2D eigenvalue weighted by atomic mass is 15.2. The predicted molar refractivity (Wildman–Crippen MR) is 81.3 cm³/mol. The molecule has 1 aromatic rings. The number of likely N-dealkylation sites (N-methyl/N-ethyl adjacent to an activating group) is 1. The fraction of sp³-hybridized carbons (Fsp3) is 0.625. The zero-order valence-corrected chi connectivity index (χ0v) is 12.5. The first-order valence-corrected chi connectivity index (χ1v) is 7.29. The van der Waals surface area contributed by atoms with Crippen LogP contribution in [0.3, 0.4) is 0 Å². The van der Waals surface area contributed by atoms with Crippen molar-refractivity contribution in [2.75, 3.05) is 33.2 Å². The molecule has 1 aromatic carbocycles. The first-order chi connectivity index (χ1) is 9.10. The van der Waals surface area contributed by atoms with Crippen LogP contribution in [-0.4, -0.2) is 49.1 Å². The minimum absolute atomic E-state index is 0.675. The third kappa shape index (κ3) is 3.78. The lowest BCUT2D eigenvalue weighted by Gasteiger charge is -2.24. The number of rotatable bonds is 5. The highest BCUT2D eigenvalue weighted by molar-refractivity contribution is 5.30. The molecule has 0 bridgehead atoms. The second-order valence-electron chi connectivity index (χ2n) is 5.88. The van der Waals surface area contributed by atoms with E-state index in [-0.39, 0.29) is 0 Å². The molecule has 0 aliphatic carbocycles. The molecule has 2 N–H and O–H groups in total. The zero-order valence-electron chi connectivity index (χ0n) is 12.5. The molecular formula is C16H27N3. The second-order valence-corrected chi connectivity index (χ2v) is 5.88. The van der Waals surface area contributed by atoms with E-state index in [1.807, 2.05) is 0 Å². The van der Waals surface area contributed by atoms with Gasteiger partial charge in [0.25, 0.3) is 0 Å². The molecular weight excluding hydrogens is 234 g/mol. The first-order valence-electron chi connectivity index (χ1n) is 7.29. The van der Waals surface area contributed by atoms with Crippen molar-refractivity contribution >= 4 is 0 Å². The SMILES string of the molecule is Cc1ccc(C)c(CN2CCC(N(C)CCN)C2)c1. The summed E-state index contributed by atoms with van der Waals surface area (Å²) in [6.45, 7) is 9.59. The van der Waals surface area contributed by atoms with E-state index in [9.17, 15) is 0 Å². The lowest BCUT2D eigenvalue weighted by Crippen LogP contribution is -2.37. The third-order valence-electron chi connectivity index (χ3n) is 4.25. The molecule has 0 amide bonds. The van der Waals surface area contributed by atoms with E-state index in [1.54, 1.807) is 0 Å². The molecule has 1 aliphatic heterocycles. The highest BCUT2D eigenvalue weighted by Gasteiger charge is 2.25. The van der Waals surface area contributed by atoms with Gasteiger partial charge in [-0.15, -0.1) is 0 Å². The van der Waals surface area contributed by atoms with Crippen LogP contribution in [0.4, 0.5) is 0 Å². The van der Waals surface area contributed by atoms with Gasteiger partial charge < -0.3 is 10.6 Å². The van der Waals surface area contributed by atoms with Crippen molar-refractivity contribution in [1.29, 1.82) is 0 Å². The number of hydrogen-bond donors (Lipinski definition) is 1. The molecule has 106 valence electrons. The molecule has 1 fully saturated rings. The molecule has 1 aliphatic rings. The summed E-state index contributed by atoms with van der Waals surface area (Å²) in [4.78, 5) is 4.97. The second kappa shape index (κ2) is 6.51. The summed E-state index contributed by atoms with van der Waals surface area (Å²) in [5.74, 6) is 0. The topological polar surface area (TPSA) is 32.5 Å². The van der Waals surface area contributed by atoms with Crippen LogP contribution in [0.2, 0.25) is 0 Å². The fourth-order valence-corrected chi connectivity index (χ4v) is 2.91. The normalized spacial score (nSPS) is 20.4. The van der Waals surface area contributed by atoms with Crippen LogP contribution in [0.5, 0.6) is 0 Å². The van der Waals surface area contributed by atoms with Gasteiger partial charge in [0.05, 0.1) is 0 Å². The van der Waals surface area contributed by atoms with Gasteiger partial charge in [0.1, 0.15) is 0 Å². The van der Waals surface area contributed by atoms with E-state index in [2.05, 4.69) is 48.9 Å². The van der Waals surface area contributed by atoms with Crippen LogP contribution in [0.25, 0.3) is 0 Å². The molecule has 3 nitrogen and oxygen atoms in total. The number of benzene rings is 1. The van der Waals surface area contributed by atoms with E-state index in [1.165, 1.54) is 36.2 Å². The minimum Gasteiger partial charge on any atom is -0.329 e. The Morgan fingerprint density at radius 3 is 2.89 bits per heavy atom. The van der Waals surface area contributed by atoms with E-state index in [0.29, 0.717) is 6.04 Å². The average Bonchev–Trinajstić information content (AvgIpc) is 2.83. The van der Waals surface area contributed by atoms with Gasteiger partial charge in [-0.3, -0.25) is 4.90 Å². The van der Waals surface area contributed by atoms with Gasteiger partial charge in [-0.2, -0.15) is 0 Å². The Kier molecular flexibility index (Phi) is 4.97. The van der Waals surface area contributed by atoms with Crippen molar-refractivity contribution < 1.29 is 0 Å².